The lowest BCUT2D eigenvalue weighted by molar-refractivity contribution is 0.614. The van der Waals surface area contributed by atoms with Gasteiger partial charge in [0, 0.05) is 16.7 Å². The van der Waals surface area contributed by atoms with Gasteiger partial charge in [0.1, 0.15) is 0 Å². The van der Waals surface area contributed by atoms with Crippen molar-refractivity contribution in [2.24, 2.45) is 4.99 Å². The van der Waals surface area contributed by atoms with Gasteiger partial charge in [0.2, 0.25) is 5.95 Å². The fraction of sp³-hybridized carbons (Fsp3) is 0.286. The number of hydrogen-bond donors (Lipinski definition) is 1. The second kappa shape index (κ2) is 5.00. The lowest BCUT2D eigenvalue weighted by atomic mass is 10.1. The largest absolute Gasteiger partial charge is 0.300 e. The Morgan fingerprint density at radius 1 is 1.19 bits per heavy atom. The number of nitrogens with zero attached hydrogens (tertiary/aromatic N) is 4. The van der Waals surface area contributed by atoms with E-state index in [4.69, 9.17) is 0 Å². The molecule has 0 aromatic carbocycles. The highest BCUT2D eigenvalue weighted by molar-refractivity contribution is 7.15. The second-order valence-corrected chi connectivity index (χ2v) is 6.06. The lowest BCUT2D eigenvalue weighted by Crippen LogP contribution is -1.97. The van der Waals surface area contributed by atoms with Crippen LogP contribution >= 0.6 is 11.3 Å². The minimum Gasteiger partial charge on any atom is -0.300 e. The monoisotopic (exact) mass is 301 g/mol. The van der Waals surface area contributed by atoms with Crippen molar-refractivity contribution in [3.05, 3.63) is 34.4 Å². The van der Waals surface area contributed by atoms with E-state index in [1.54, 1.807) is 11.3 Å². The van der Waals surface area contributed by atoms with Crippen LogP contribution in [0.1, 0.15) is 23.4 Å². The summed E-state index contributed by atoms with van der Waals surface area (Å²) in [5.74, 6) is -0.0953. The topological polar surface area (TPSA) is 63.1 Å². The summed E-state index contributed by atoms with van der Waals surface area (Å²) in [6.45, 7) is 0.802. The first-order chi connectivity index (χ1) is 10.3. The summed E-state index contributed by atoms with van der Waals surface area (Å²) in [6.07, 6.45) is 7.46. The molecule has 5 nitrogen and oxygen atoms in total. The van der Waals surface area contributed by atoms with Crippen LogP contribution in [0, 0.1) is 5.82 Å². The van der Waals surface area contributed by atoms with Crippen LogP contribution in [-0.4, -0.2) is 27.7 Å². The molecule has 2 aliphatic rings. The van der Waals surface area contributed by atoms with Crippen molar-refractivity contribution >= 4 is 34.2 Å². The Labute approximate surface area is 124 Å². The van der Waals surface area contributed by atoms with Gasteiger partial charge in [-0.2, -0.15) is 0 Å². The molecule has 0 unspecified atom stereocenters. The molecule has 4 rings (SSSR count). The normalized spacial score (nSPS) is 16.6. The smallest absolute Gasteiger partial charge is 0.229 e. The molecule has 21 heavy (non-hydrogen) atoms. The fourth-order valence-corrected chi connectivity index (χ4v) is 3.60. The molecular weight excluding hydrogens is 289 g/mol. The predicted octanol–water partition coefficient (Wildman–Crippen LogP) is 2.99. The number of aromatic nitrogens is 3. The summed E-state index contributed by atoms with van der Waals surface area (Å²) >= 11 is 1.60. The van der Waals surface area contributed by atoms with Crippen LogP contribution in [0.25, 0.3) is 5.57 Å². The van der Waals surface area contributed by atoms with Crippen molar-refractivity contribution in [2.75, 3.05) is 11.9 Å². The molecule has 1 aliphatic carbocycles. The second-order valence-electron chi connectivity index (χ2n) is 4.98. The number of anilines is 2. The van der Waals surface area contributed by atoms with E-state index in [0.717, 1.165) is 49.0 Å². The highest BCUT2D eigenvalue weighted by atomic mass is 32.1. The molecule has 0 amide bonds. The molecular formula is C14H12FN5S. The summed E-state index contributed by atoms with van der Waals surface area (Å²) in [6, 6.07) is 0. The SMILES string of the molecule is Fc1cnc(Nc2nc3c(s2)CCCC2=C3C=NC2)nc1. The zero-order valence-corrected chi connectivity index (χ0v) is 12.0. The number of thiazole rings is 1. The Morgan fingerprint density at radius 3 is 2.90 bits per heavy atom. The summed E-state index contributed by atoms with van der Waals surface area (Å²) in [5.41, 5.74) is 3.58. The minimum absolute atomic E-state index is 0.356. The average molecular weight is 301 g/mol. The van der Waals surface area contributed by atoms with Gasteiger partial charge in [0.05, 0.1) is 24.6 Å². The standard InChI is InChI=1S/C14H12FN5S/c15-9-5-17-13(18-6-9)20-14-19-12-10-7-16-4-8(10)2-1-3-11(12)21-14/h5-7H,1-4H2,(H,17,18,19,20). The van der Waals surface area contributed by atoms with Gasteiger partial charge in [-0.05, 0) is 24.8 Å². The molecule has 7 heteroatoms. The van der Waals surface area contributed by atoms with Crippen LogP contribution in [0.3, 0.4) is 0 Å². The van der Waals surface area contributed by atoms with Crippen LogP contribution in [0.15, 0.2) is 23.0 Å². The third-order valence-corrected chi connectivity index (χ3v) is 4.59. The molecule has 0 spiro atoms. The van der Waals surface area contributed by atoms with E-state index in [2.05, 4.69) is 25.3 Å². The van der Waals surface area contributed by atoms with E-state index in [1.165, 1.54) is 16.0 Å². The molecule has 2 aromatic rings. The summed E-state index contributed by atoms with van der Waals surface area (Å²) < 4.78 is 12.8. The Bertz CT molecular complexity index is 747. The van der Waals surface area contributed by atoms with Crippen molar-refractivity contribution in [3.63, 3.8) is 0 Å². The van der Waals surface area contributed by atoms with E-state index in [1.807, 2.05) is 6.21 Å². The Morgan fingerprint density at radius 2 is 2.05 bits per heavy atom. The van der Waals surface area contributed by atoms with Crippen molar-refractivity contribution < 1.29 is 4.39 Å². The van der Waals surface area contributed by atoms with Crippen LogP contribution in [-0.2, 0) is 6.42 Å². The molecule has 1 N–H and O–H groups in total. The van der Waals surface area contributed by atoms with Gasteiger partial charge in [0.15, 0.2) is 10.9 Å². The zero-order valence-electron chi connectivity index (χ0n) is 11.1. The quantitative estimate of drug-likeness (QED) is 0.926. The number of nitrogens with one attached hydrogen (secondary N) is 1. The Kier molecular flexibility index (Phi) is 2.99. The number of fused-ring (bicyclic) bond motifs is 2. The first-order valence-corrected chi connectivity index (χ1v) is 7.58. The molecule has 0 bridgehead atoms. The van der Waals surface area contributed by atoms with Gasteiger partial charge in [0.25, 0.3) is 0 Å². The van der Waals surface area contributed by atoms with Crippen molar-refractivity contribution in [2.45, 2.75) is 19.3 Å². The third kappa shape index (κ3) is 2.33. The van der Waals surface area contributed by atoms with E-state index in [0.29, 0.717) is 5.95 Å². The molecule has 0 saturated heterocycles. The zero-order chi connectivity index (χ0) is 14.2. The van der Waals surface area contributed by atoms with Gasteiger partial charge in [-0.15, -0.1) is 11.3 Å². The van der Waals surface area contributed by atoms with Gasteiger partial charge in [-0.3, -0.25) is 4.99 Å². The third-order valence-electron chi connectivity index (χ3n) is 3.56. The minimum atomic E-state index is -0.451. The molecule has 0 atom stereocenters. The van der Waals surface area contributed by atoms with E-state index in [-0.39, 0.29) is 0 Å². The van der Waals surface area contributed by atoms with Crippen LogP contribution in [0.2, 0.25) is 0 Å². The first-order valence-electron chi connectivity index (χ1n) is 6.76. The molecule has 106 valence electrons. The molecule has 2 aromatic heterocycles. The fourth-order valence-electron chi connectivity index (χ4n) is 2.59. The Balaban J connectivity index is 1.67. The highest BCUT2D eigenvalue weighted by Crippen LogP contribution is 2.36. The predicted molar refractivity (Wildman–Crippen MR) is 80.6 cm³/mol. The highest BCUT2D eigenvalue weighted by Gasteiger charge is 2.23. The Hall–Kier alpha value is -2.15. The van der Waals surface area contributed by atoms with Crippen molar-refractivity contribution in [1.82, 2.24) is 15.0 Å². The number of rotatable bonds is 2. The number of allylic oxidation sites excluding steroid dienone is 1. The average Bonchev–Trinajstić information content (AvgIpc) is 3.06. The van der Waals surface area contributed by atoms with Gasteiger partial charge in [-0.1, -0.05) is 0 Å². The van der Waals surface area contributed by atoms with Gasteiger partial charge < -0.3 is 5.32 Å². The summed E-state index contributed by atoms with van der Waals surface area (Å²) in [4.78, 5) is 18.1. The van der Waals surface area contributed by atoms with Crippen LogP contribution in [0.4, 0.5) is 15.5 Å². The van der Waals surface area contributed by atoms with Crippen molar-refractivity contribution in [3.8, 4) is 0 Å². The summed E-state index contributed by atoms with van der Waals surface area (Å²) in [5, 5.41) is 3.78. The number of halogens is 1. The van der Waals surface area contributed by atoms with Gasteiger partial charge >= 0.3 is 0 Å². The maximum Gasteiger partial charge on any atom is 0.229 e. The van der Waals surface area contributed by atoms with E-state index < -0.39 is 5.82 Å². The first kappa shape index (κ1) is 12.6. The maximum atomic E-state index is 12.8. The molecule has 0 saturated carbocycles. The number of aryl methyl sites for hydroxylation is 1. The van der Waals surface area contributed by atoms with E-state index >= 15 is 0 Å². The lowest BCUT2D eigenvalue weighted by Gasteiger charge is -2.00. The molecule has 0 fully saturated rings. The van der Waals surface area contributed by atoms with Crippen LogP contribution in [0.5, 0.6) is 0 Å². The maximum absolute atomic E-state index is 12.8. The van der Waals surface area contributed by atoms with Gasteiger partial charge in [-0.25, -0.2) is 19.3 Å². The van der Waals surface area contributed by atoms with Crippen LogP contribution < -0.4 is 5.32 Å². The van der Waals surface area contributed by atoms with Crippen molar-refractivity contribution in [1.29, 1.82) is 0 Å². The molecule has 1 aliphatic heterocycles. The van der Waals surface area contributed by atoms with E-state index in [9.17, 15) is 4.39 Å². The number of aliphatic imine (C=N–C) groups is 1. The molecule has 0 radical (unpaired) electrons. The molecule has 3 heterocycles. The summed E-state index contributed by atoms with van der Waals surface area (Å²) in [7, 11) is 0. The number of hydrogen-bond acceptors (Lipinski definition) is 6.